The maximum atomic E-state index is 13.3. The van der Waals surface area contributed by atoms with Crippen molar-refractivity contribution in [3.8, 4) is 0 Å². The predicted octanol–water partition coefficient (Wildman–Crippen LogP) is 2.02. The van der Waals surface area contributed by atoms with Gasteiger partial charge in [0.05, 0.1) is 16.2 Å². The first-order valence-corrected chi connectivity index (χ1v) is 8.39. The van der Waals surface area contributed by atoms with Gasteiger partial charge in [-0.3, -0.25) is 0 Å². The number of ether oxygens (including phenoxy) is 1. The van der Waals surface area contributed by atoms with E-state index >= 15 is 0 Å². The Morgan fingerprint density at radius 3 is 2.85 bits per heavy atom. The van der Waals surface area contributed by atoms with Crippen molar-refractivity contribution in [1.29, 1.82) is 0 Å². The molecule has 20 heavy (non-hydrogen) atoms. The van der Waals surface area contributed by atoms with E-state index in [4.69, 9.17) is 10.5 Å². The van der Waals surface area contributed by atoms with Crippen LogP contribution in [0.5, 0.6) is 0 Å². The number of hydrogen-bond donors (Lipinski definition) is 2. The Balaban J connectivity index is 2.20. The molecule has 1 atom stereocenters. The maximum absolute atomic E-state index is 13.3. The molecule has 0 radical (unpaired) electrons. The standard InChI is InChI=1S/C12H16BrFN2O3S/c1-12(3-2-4-19-12)7-16-20(17,18)11-6-10(15)9(14)5-8(11)13/h5-6,16H,2-4,7,15H2,1H3. The lowest BCUT2D eigenvalue weighted by molar-refractivity contribution is 0.0250. The molecule has 1 aliphatic heterocycles. The molecule has 0 bridgehead atoms. The molecule has 0 spiro atoms. The molecule has 3 N–H and O–H groups in total. The molecule has 1 saturated heterocycles. The summed E-state index contributed by atoms with van der Waals surface area (Å²) in [6, 6.07) is 2.14. The zero-order valence-corrected chi connectivity index (χ0v) is 13.4. The molecular weight excluding hydrogens is 351 g/mol. The number of rotatable bonds is 4. The van der Waals surface area contributed by atoms with E-state index in [1.54, 1.807) is 0 Å². The van der Waals surface area contributed by atoms with Crippen LogP contribution < -0.4 is 10.5 Å². The zero-order valence-electron chi connectivity index (χ0n) is 10.9. The number of nitrogens with one attached hydrogen (secondary N) is 1. The summed E-state index contributed by atoms with van der Waals surface area (Å²) in [4.78, 5) is -0.0852. The van der Waals surface area contributed by atoms with Crippen LogP contribution in [0.1, 0.15) is 19.8 Å². The summed E-state index contributed by atoms with van der Waals surface area (Å²) >= 11 is 3.04. The third kappa shape index (κ3) is 3.30. The molecular formula is C12H16BrFN2O3S. The molecule has 1 aromatic carbocycles. The van der Waals surface area contributed by atoms with Crippen LogP contribution in [0, 0.1) is 5.82 Å². The third-order valence-electron chi connectivity index (χ3n) is 3.28. The van der Waals surface area contributed by atoms with Crippen molar-refractivity contribution in [3.05, 3.63) is 22.4 Å². The summed E-state index contributed by atoms with van der Waals surface area (Å²) in [6.07, 6.45) is 1.70. The SMILES string of the molecule is CC1(CNS(=O)(=O)c2cc(N)c(F)cc2Br)CCCO1. The average Bonchev–Trinajstić information content (AvgIpc) is 2.79. The fraction of sp³-hybridized carbons (Fsp3) is 0.500. The van der Waals surface area contributed by atoms with Gasteiger partial charge in [-0.2, -0.15) is 0 Å². The number of halogens is 2. The minimum atomic E-state index is -3.78. The summed E-state index contributed by atoms with van der Waals surface area (Å²) in [6.45, 7) is 2.65. The van der Waals surface area contributed by atoms with E-state index in [0.29, 0.717) is 6.61 Å². The molecule has 112 valence electrons. The van der Waals surface area contributed by atoms with Crippen LogP contribution in [0.3, 0.4) is 0 Å². The Labute approximate surface area is 125 Å². The van der Waals surface area contributed by atoms with Crippen molar-refractivity contribution in [2.24, 2.45) is 0 Å². The summed E-state index contributed by atoms with van der Waals surface area (Å²) < 4.78 is 45.9. The van der Waals surface area contributed by atoms with Crippen LogP contribution in [0.2, 0.25) is 0 Å². The van der Waals surface area contributed by atoms with Gasteiger partial charge in [-0.25, -0.2) is 17.5 Å². The van der Waals surface area contributed by atoms with E-state index in [9.17, 15) is 12.8 Å². The van der Waals surface area contributed by atoms with Crippen molar-refractivity contribution in [3.63, 3.8) is 0 Å². The molecule has 0 saturated carbocycles. The first-order valence-electron chi connectivity index (χ1n) is 6.12. The fourth-order valence-corrected chi connectivity index (χ4v) is 4.26. The van der Waals surface area contributed by atoms with Crippen molar-refractivity contribution >= 4 is 31.6 Å². The number of nitrogen functional groups attached to an aromatic ring is 1. The molecule has 1 fully saturated rings. The Morgan fingerprint density at radius 1 is 1.55 bits per heavy atom. The average molecular weight is 367 g/mol. The number of anilines is 1. The summed E-state index contributed by atoms with van der Waals surface area (Å²) in [5, 5.41) is 0. The number of nitrogens with two attached hydrogens (primary N) is 1. The summed E-state index contributed by atoms with van der Waals surface area (Å²) in [5.41, 5.74) is 4.71. The van der Waals surface area contributed by atoms with Gasteiger partial charge in [0, 0.05) is 17.6 Å². The van der Waals surface area contributed by atoms with Gasteiger partial charge in [-0.1, -0.05) is 0 Å². The molecule has 0 amide bonds. The molecule has 1 aliphatic rings. The molecule has 1 aromatic rings. The maximum Gasteiger partial charge on any atom is 0.241 e. The minimum absolute atomic E-state index is 0.0852. The monoisotopic (exact) mass is 366 g/mol. The van der Waals surface area contributed by atoms with E-state index in [-0.39, 0.29) is 21.6 Å². The summed E-state index contributed by atoms with van der Waals surface area (Å²) in [7, 11) is -3.78. The quantitative estimate of drug-likeness (QED) is 0.798. The zero-order chi connectivity index (χ0) is 15.0. The second kappa shape index (κ2) is 5.59. The second-order valence-electron chi connectivity index (χ2n) is 5.03. The lowest BCUT2D eigenvalue weighted by Crippen LogP contribution is -2.40. The van der Waals surface area contributed by atoms with Gasteiger partial charge in [0.1, 0.15) is 5.82 Å². The molecule has 0 aliphatic carbocycles. The van der Waals surface area contributed by atoms with Gasteiger partial charge in [-0.15, -0.1) is 0 Å². The molecule has 1 unspecified atom stereocenters. The fourth-order valence-electron chi connectivity index (χ4n) is 2.05. The lowest BCUT2D eigenvalue weighted by Gasteiger charge is -2.23. The first-order chi connectivity index (χ1) is 9.23. The minimum Gasteiger partial charge on any atom is -0.396 e. The highest BCUT2D eigenvalue weighted by Crippen LogP contribution is 2.28. The number of hydrogen-bond acceptors (Lipinski definition) is 4. The Bertz CT molecular complexity index is 615. The van der Waals surface area contributed by atoms with E-state index < -0.39 is 21.4 Å². The number of benzene rings is 1. The van der Waals surface area contributed by atoms with Crippen molar-refractivity contribution in [2.75, 3.05) is 18.9 Å². The van der Waals surface area contributed by atoms with Gasteiger partial charge >= 0.3 is 0 Å². The van der Waals surface area contributed by atoms with E-state index in [1.165, 1.54) is 0 Å². The predicted molar refractivity (Wildman–Crippen MR) is 77.3 cm³/mol. The molecule has 8 heteroatoms. The van der Waals surface area contributed by atoms with Gasteiger partial charge in [0.2, 0.25) is 10.0 Å². The third-order valence-corrected chi connectivity index (χ3v) is 5.64. The van der Waals surface area contributed by atoms with Crippen molar-refractivity contribution < 1.29 is 17.5 Å². The molecule has 5 nitrogen and oxygen atoms in total. The van der Waals surface area contributed by atoms with Crippen LogP contribution in [0.25, 0.3) is 0 Å². The Kier molecular flexibility index (Phi) is 4.38. The van der Waals surface area contributed by atoms with E-state index in [0.717, 1.165) is 25.0 Å². The van der Waals surface area contributed by atoms with Gasteiger partial charge in [0.25, 0.3) is 0 Å². The van der Waals surface area contributed by atoms with Crippen LogP contribution in [0.4, 0.5) is 10.1 Å². The Morgan fingerprint density at radius 2 is 2.25 bits per heavy atom. The van der Waals surface area contributed by atoms with E-state index in [2.05, 4.69) is 20.7 Å². The van der Waals surface area contributed by atoms with Crippen molar-refractivity contribution in [1.82, 2.24) is 4.72 Å². The second-order valence-corrected chi connectivity index (χ2v) is 7.62. The highest BCUT2D eigenvalue weighted by Gasteiger charge is 2.32. The molecule has 1 heterocycles. The largest absolute Gasteiger partial charge is 0.396 e. The molecule has 2 rings (SSSR count). The van der Waals surface area contributed by atoms with Crippen molar-refractivity contribution in [2.45, 2.75) is 30.3 Å². The highest BCUT2D eigenvalue weighted by molar-refractivity contribution is 9.10. The first kappa shape index (κ1) is 15.7. The lowest BCUT2D eigenvalue weighted by atomic mass is 10.0. The van der Waals surface area contributed by atoms with Gasteiger partial charge < -0.3 is 10.5 Å². The number of sulfonamides is 1. The molecule has 0 aromatic heterocycles. The summed E-state index contributed by atoms with van der Waals surface area (Å²) in [5.74, 6) is -0.665. The normalized spacial score (nSPS) is 23.1. The van der Waals surface area contributed by atoms with Crippen LogP contribution in [-0.4, -0.2) is 27.2 Å². The van der Waals surface area contributed by atoms with Gasteiger partial charge in [-0.05, 0) is 47.8 Å². The Hall–Kier alpha value is -0.700. The smallest absolute Gasteiger partial charge is 0.241 e. The van der Waals surface area contributed by atoms with Crippen LogP contribution in [-0.2, 0) is 14.8 Å². The topological polar surface area (TPSA) is 81.4 Å². The van der Waals surface area contributed by atoms with Crippen LogP contribution in [0.15, 0.2) is 21.5 Å². The van der Waals surface area contributed by atoms with Crippen LogP contribution >= 0.6 is 15.9 Å². The highest BCUT2D eigenvalue weighted by atomic mass is 79.9. The van der Waals surface area contributed by atoms with E-state index in [1.807, 2.05) is 6.92 Å². The van der Waals surface area contributed by atoms with Gasteiger partial charge in [0.15, 0.2) is 0 Å².